The second-order valence-corrected chi connectivity index (χ2v) is 4.43. The highest BCUT2D eigenvalue weighted by Gasteiger charge is 2.08. The molecule has 0 aliphatic carbocycles. The fraction of sp³-hybridized carbons (Fsp3) is 0.188. The van der Waals surface area contributed by atoms with Crippen LogP contribution in [0.2, 0.25) is 0 Å². The zero-order valence-corrected chi connectivity index (χ0v) is 11.5. The topological polar surface area (TPSA) is 38.3 Å². The van der Waals surface area contributed by atoms with Crippen LogP contribution in [0.3, 0.4) is 0 Å². The average molecular weight is 291 g/mol. The van der Waals surface area contributed by atoms with Gasteiger partial charge in [-0.2, -0.15) is 0 Å². The van der Waals surface area contributed by atoms with Crippen LogP contribution < -0.4 is 10.1 Å². The Morgan fingerprint density at radius 3 is 2.62 bits per heavy atom. The largest absolute Gasteiger partial charge is 0.483 e. The van der Waals surface area contributed by atoms with Crippen LogP contribution in [0.25, 0.3) is 0 Å². The Labute approximate surface area is 121 Å². The minimum Gasteiger partial charge on any atom is -0.483 e. The fourth-order valence-electron chi connectivity index (χ4n) is 1.85. The second-order valence-electron chi connectivity index (χ2n) is 4.43. The van der Waals surface area contributed by atoms with Gasteiger partial charge in [-0.3, -0.25) is 4.79 Å². The standard InChI is InChI=1S/C16H15F2NO2/c1-2-11-5-3-4-6-15(11)21-10-16(20)19-12-7-8-13(17)14(18)9-12/h3-9H,2,10H2,1H3,(H,19,20). The Morgan fingerprint density at radius 2 is 1.90 bits per heavy atom. The molecule has 2 aromatic carbocycles. The number of hydrogen-bond donors (Lipinski definition) is 1. The maximum Gasteiger partial charge on any atom is 0.262 e. The number of nitrogens with one attached hydrogen (secondary N) is 1. The first-order valence-electron chi connectivity index (χ1n) is 6.55. The molecule has 0 bridgehead atoms. The quantitative estimate of drug-likeness (QED) is 0.915. The second kappa shape index (κ2) is 6.83. The number of aryl methyl sites for hydroxylation is 1. The van der Waals surface area contributed by atoms with Crippen LogP contribution in [0.4, 0.5) is 14.5 Å². The smallest absolute Gasteiger partial charge is 0.262 e. The predicted octanol–water partition coefficient (Wildman–Crippen LogP) is 3.54. The molecule has 0 atom stereocenters. The molecule has 2 aromatic rings. The van der Waals surface area contributed by atoms with Crippen molar-refractivity contribution >= 4 is 11.6 Å². The SMILES string of the molecule is CCc1ccccc1OCC(=O)Nc1ccc(F)c(F)c1. The van der Waals surface area contributed by atoms with Crippen molar-refractivity contribution in [1.82, 2.24) is 0 Å². The van der Waals surface area contributed by atoms with Gasteiger partial charge in [0, 0.05) is 11.8 Å². The van der Waals surface area contributed by atoms with Crippen LogP contribution in [0.15, 0.2) is 42.5 Å². The zero-order chi connectivity index (χ0) is 15.2. The summed E-state index contributed by atoms with van der Waals surface area (Å²) in [5.74, 6) is -1.77. The van der Waals surface area contributed by atoms with Crippen LogP contribution in [0.5, 0.6) is 5.75 Å². The minimum atomic E-state index is -1.01. The molecule has 2 rings (SSSR count). The lowest BCUT2D eigenvalue weighted by Crippen LogP contribution is -2.20. The molecule has 1 N–H and O–H groups in total. The van der Waals surface area contributed by atoms with Gasteiger partial charge < -0.3 is 10.1 Å². The van der Waals surface area contributed by atoms with Gasteiger partial charge in [0.2, 0.25) is 0 Å². The van der Waals surface area contributed by atoms with Gasteiger partial charge in [-0.15, -0.1) is 0 Å². The Kier molecular flexibility index (Phi) is 4.87. The third-order valence-corrected chi connectivity index (χ3v) is 2.92. The third-order valence-electron chi connectivity index (χ3n) is 2.92. The molecule has 0 aliphatic heterocycles. The van der Waals surface area contributed by atoms with E-state index in [0.717, 1.165) is 24.1 Å². The van der Waals surface area contributed by atoms with Crippen molar-refractivity contribution in [2.45, 2.75) is 13.3 Å². The summed E-state index contributed by atoms with van der Waals surface area (Å²) in [6, 6.07) is 10.6. The molecular weight excluding hydrogens is 276 g/mol. The number of carbonyl (C=O) groups excluding carboxylic acids is 1. The Morgan fingerprint density at radius 1 is 1.14 bits per heavy atom. The molecule has 0 spiro atoms. The van der Waals surface area contributed by atoms with Crippen LogP contribution in [0, 0.1) is 11.6 Å². The molecule has 21 heavy (non-hydrogen) atoms. The Hall–Kier alpha value is -2.43. The van der Waals surface area contributed by atoms with Crippen LogP contribution in [0.1, 0.15) is 12.5 Å². The molecule has 110 valence electrons. The minimum absolute atomic E-state index is 0.186. The summed E-state index contributed by atoms with van der Waals surface area (Å²) in [7, 11) is 0. The van der Waals surface area contributed by atoms with Crippen LogP contribution in [-0.2, 0) is 11.2 Å². The van der Waals surface area contributed by atoms with Crippen molar-refractivity contribution in [2.75, 3.05) is 11.9 Å². The third kappa shape index (κ3) is 4.02. The van der Waals surface area contributed by atoms with E-state index in [1.54, 1.807) is 6.07 Å². The first-order valence-corrected chi connectivity index (χ1v) is 6.55. The number of benzene rings is 2. The molecule has 0 radical (unpaired) electrons. The normalized spacial score (nSPS) is 10.2. The number of ether oxygens (including phenoxy) is 1. The van der Waals surface area contributed by atoms with E-state index >= 15 is 0 Å². The van der Waals surface area contributed by atoms with E-state index in [1.165, 1.54) is 6.07 Å². The molecule has 5 heteroatoms. The summed E-state index contributed by atoms with van der Waals surface area (Å²) in [5, 5.41) is 2.45. The Balaban J connectivity index is 1.94. The predicted molar refractivity (Wildman–Crippen MR) is 76.3 cm³/mol. The molecule has 0 saturated heterocycles. The van der Waals surface area contributed by atoms with E-state index in [0.29, 0.717) is 5.75 Å². The first kappa shape index (κ1) is 15.0. The van der Waals surface area contributed by atoms with Crippen molar-refractivity contribution < 1.29 is 18.3 Å². The fourth-order valence-corrected chi connectivity index (χ4v) is 1.85. The van der Waals surface area contributed by atoms with E-state index in [1.807, 2.05) is 25.1 Å². The first-order chi connectivity index (χ1) is 10.1. The van der Waals surface area contributed by atoms with Crippen LogP contribution in [-0.4, -0.2) is 12.5 Å². The van der Waals surface area contributed by atoms with Gasteiger partial charge in [-0.1, -0.05) is 25.1 Å². The summed E-state index contributed by atoms with van der Waals surface area (Å²) < 4.78 is 31.2. The maximum atomic E-state index is 13.0. The molecule has 3 nitrogen and oxygen atoms in total. The number of halogens is 2. The summed E-state index contributed by atoms with van der Waals surface area (Å²) >= 11 is 0. The number of anilines is 1. The number of rotatable bonds is 5. The summed E-state index contributed by atoms with van der Waals surface area (Å²) in [6.07, 6.45) is 0.793. The van der Waals surface area contributed by atoms with E-state index < -0.39 is 17.5 Å². The summed E-state index contributed by atoms with van der Waals surface area (Å²) in [4.78, 5) is 11.7. The average Bonchev–Trinajstić information content (AvgIpc) is 2.49. The lowest BCUT2D eigenvalue weighted by molar-refractivity contribution is -0.118. The molecule has 0 aliphatic rings. The highest BCUT2D eigenvalue weighted by molar-refractivity contribution is 5.91. The number of carbonyl (C=O) groups is 1. The lowest BCUT2D eigenvalue weighted by atomic mass is 10.1. The van der Waals surface area contributed by atoms with Gasteiger partial charge in [0.05, 0.1) is 0 Å². The van der Waals surface area contributed by atoms with Gasteiger partial charge in [-0.05, 0) is 30.2 Å². The lowest BCUT2D eigenvalue weighted by Gasteiger charge is -2.10. The molecule has 0 saturated carbocycles. The van der Waals surface area contributed by atoms with Gasteiger partial charge in [-0.25, -0.2) is 8.78 Å². The molecule has 0 aromatic heterocycles. The molecule has 0 heterocycles. The van der Waals surface area contributed by atoms with Crippen molar-refractivity contribution in [3.63, 3.8) is 0 Å². The maximum absolute atomic E-state index is 13.0. The highest BCUT2D eigenvalue weighted by Crippen LogP contribution is 2.18. The van der Waals surface area contributed by atoms with Crippen molar-refractivity contribution in [2.24, 2.45) is 0 Å². The van der Waals surface area contributed by atoms with Crippen molar-refractivity contribution in [3.8, 4) is 5.75 Å². The molecule has 0 fully saturated rings. The number of amides is 1. The van der Waals surface area contributed by atoms with E-state index in [9.17, 15) is 13.6 Å². The van der Waals surface area contributed by atoms with E-state index in [4.69, 9.17) is 4.74 Å². The monoisotopic (exact) mass is 291 g/mol. The van der Waals surface area contributed by atoms with E-state index in [2.05, 4.69) is 5.32 Å². The highest BCUT2D eigenvalue weighted by atomic mass is 19.2. The molecule has 1 amide bonds. The van der Waals surface area contributed by atoms with Crippen molar-refractivity contribution in [1.29, 1.82) is 0 Å². The number of para-hydroxylation sites is 1. The summed E-state index contributed by atoms with van der Waals surface area (Å²) in [5.41, 5.74) is 1.18. The molecular formula is C16H15F2NO2. The Bertz CT molecular complexity index is 644. The molecule has 0 unspecified atom stereocenters. The number of hydrogen-bond acceptors (Lipinski definition) is 2. The summed E-state index contributed by atoms with van der Waals surface area (Å²) in [6.45, 7) is 1.79. The zero-order valence-electron chi connectivity index (χ0n) is 11.5. The van der Waals surface area contributed by atoms with Crippen molar-refractivity contribution in [3.05, 3.63) is 59.7 Å². The van der Waals surface area contributed by atoms with E-state index in [-0.39, 0.29) is 12.3 Å². The van der Waals surface area contributed by atoms with Crippen LogP contribution >= 0.6 is 0 Å². The van der Waals surface area contributed by atoms with Gasteiger partial charge in [0.25, 0.3) is 5.91 Å². The van der Waals surface area contributed by atoms with Gasteiger partial charge >= 0.3 is 0 Å². The van der Waals surface area contributed by atoms with Gasteiger partial charge in [0.15, 0.2) is 18.2 Å². The van der Waals surface area contributed by atoms with Gasteiger partial charge in [0.1, 0.15) is 5.75 Å².